The van der Waals surface area contributed by atoms with Crippen LogP contribution >= 0.6 is 35.3 Å². The third-order valence-electron chi connectivity index (χ3n) is 4.49. The van der Waals surface area contributed by atoms with Crippen LogP contribution in [-0.2, 0) is 6.54 Å². The van der Waals surface area contributed by atoms with Gasteiger partial charge in [-0.3, -0.25) is 9.89 Å². The summed E-state index contributed by atoms with van der Waals surface area (Å²) < 4.78 is 0. The van der Waals surface area contributed by atoms with Crippen LogP contribution in [0.1, 0.15) is 50.7 Å². The molecule has 0 saturated carbocycles. The van der Waals surface area contributed by atoms with Crippen molar-refractivity contribution in [1.82, 2.24) is 20.1 Å². The first kappa shape index (κ1) is 21.6. The SMILES string of the molecule is CCN(CC)C1CCN(C(=NC)NCc2csc(C(C)C)n2)C1.I. The Morgan fingerprint density at radius 3 is 2.71 bits per heavy atom. The maximum atomic E-state index is 4.69. The highest BCUT2D eigenvalue weighted by molar-refractivity contribution is 14.0. The van der Waals surface area contributed by atoms with Crippen molar-refractivity contribution in [3.8, 4) is 0 Å². The van der Waals surface area contributed by atoms with Crippen LogP contribution in [0.15, 0.2) is 10.4 Å². The monoisotopic (exact) mass is 465 g/mol. The fourth-order valence-corrected chi connectivity index (χ4v) is 3.98. The normalized spacial score (nSPS) is 18.4. The number of hydrogen-bond donors (Lipinski definition) is 1. The molecule has 1 unspecified atom stereocenters. The number of hydrogen-bond acceptors (Lipinski definition) is 4. The van der Waals surface area contributed by atoms with Crippen LogP contribution in [0.4, 0.5) is 0 Å². The number of likely N-dealkylation sites (tertiary alicyclic amines) is 1. The summed E-state index contributed by atoms with van der Waals surface area (Å²) in [7, 11) is 1.87. The van der Waals surface area contributed by atoms with Gasteiger partial charge in [0.05, 0.1) is 17.2 Å². The van der Waals surface area contributed by atoms with E-state index >= 15 is 0 Å². The molecule has 0 aliphatic carbocycles. The predicted molar refractivity (Wildman–Crippen MR) is 115 cm³/mol. The van der Waals surface area contributed by atoms with Gasteiger partial charge in [-0.2, -0.15) is 0 Å². The standard InChI is InChI=1S/C17H31N5S.HI/c1-6-21(7-2)15-8-9-22(11-15)17(18-5)19-10-14-12-23-16(20-14)13(3)4;/h12-13,15H,6-11H2,1-5H3,(H,18,19);1H. The molecule has 1 fully saturated rings. The first-order valence-electron chi connectivity index (χ1n) is 8.72. The molecule has 1 saturated heterocycles. The lowest BCUT2D eigenvalue weighted by Crippen LogP contribution is -2.43. The molecule has 1 N–H and O–H groups in total. The van der Waals surface area contributed by atoms with Crippen molar-refractivity contribution in [2.45, 2.75) is 52.6 Å². The van der Waals surface area contributed by atoms with E-state index in [4.69, 9.17) is 0 Å². The topological polar surface area (TPSA) is 43.8 Å². The lowest BCUT2D eigenvalue weighted by molar-refractivity contribution is 0.223. The molecule has 1 aromatic rings. The van der Waals surface area contributed by atoms with Gasteiger partial charge in [-0.25, -0.2) is 4.98 Å². The van der Waals surface area contributed by atoms with Crippen LogP contribution in [0.3, 0.4) is 0 Å². The summed E-state index contributed by atoms with van der Waals surface area (Å²) in [5, 5.41) is 6.84. The van der Waals surface area contributed by atoms with E-state index in [-0.39, 0.29) is 24.0 Å². The zero-order chi connectivity index (χ0) is 16.8. The largest absolute Gasteiger partial charge is 0.351 e. The van der Waals surface area contributed by atoms with Gasteiger partial charge in [0.1, 0.15) is 0 Å². The van der Waals surface area contributed by atoms with E-state index in [1.54, 1.807) is 11.3 Å². The fraction of sp³-hybridized carbons (Fsp3) is 0.765. The molecule has 0 spiro atoms. The lowest BCUT2D eigenvalue weighted by atomic mass is 10.2. The maximum Gasteiger partial charge on any atom is 0.194 e. The zero-order valence-electron chi connectivity index (χ0n) is 15.6. The van der Waals surface area contributed by atoms with Crippen molar-refractivity contribution in [3.05, 3.63) is 16.1 Å². The number of guanidine groups is 1. The highest BCUT2D eigenvalue weighted by Gasteiger charge is 2.27. The second-order valence-electron chi connectivity index (χ2n) is 6.34. The number of halogens is 1. The summed E-state index contributed by atoms with van der Waals surface area (Å²) in [6, 6.07) is 0.648. The minimum Gasteiger partial charge on any atom is -0.351 e. The highest BCUT2D eigenvalue weighted by atomic mass is 127. The third kappa shape index (κ3) is 5.56. The number of nitrogens with one attached hydrogen (secondary N) is 1. The van der Waals surface area contributed by atoms with Crippen molar-refractivity contribution < 1.29 is 0 Å². The van der Waals surface area contributed by atoms with Gasteiger partial charge in [0.25, 0.3) is 0 Å². The van der Waals surface area contributed by atoms with E-state index in [1.165, 1.54) is 11.4 Å². The van der Waals surface area contributed by atoms with Crippen molar-refractivity contribution >= 4 is 41.3 Å². The van der Waals surface area contributed by atoms with Gasteiger partial charge in [-0.05, 0) is 19.5 Å². The van der Waals surface area contributed by atoms with Crippen LogP contribution in [0.5, 0.6) is 0 Å². The van der Waals surface area contributed by atoms with Crippen LogP contribution in [-0.4, -0.2) is 60.0 Å². The molecule has 138 valence electrons. The molecule has 7 heteroatoms. The van der Waals surface area contributed by atoms with Gasteiger partial charge in [0.2, 0.25) is 0 Å². The molecule has 0 aromatic carbocycles. The van der Waals surface area contributed by atoms with Crippen LogP contribution in [0.25, 0.3) is 0 Å². The number of aliphatic imine (C=N–C) groups is 1. The Bertz CT molecular complexity index is 513. The Balaban J connectivity index is 0.00000288. The highest BCUT2D eigenvalue weighted by Crippen LogP contribution is 2.19. The Hall–Kier alpha value is -0.410. The number of thiazole rings is 1. The van der Waals surface area contributed by atoms with E-state index in [2.05, 4.69) is 58.2 Å². The van der Waals surface area contributed by atoms with Gasteiger partial charge in [0.15, 0.2) is 5.96 Å². The quantitative estimate of drug-likeness (QED) is 0.398. The van der Waals surface area contributed by atoms with Gasteiger partial charge < -0.3 is 10.2 Å². The molecule has 2 rings (SSSR count). The zero-order valence-corrected chi connectivity index (χ0v) is 18.7. The Kier molecular flexibility index (Phi) is 9.51. The number of likely N-dealkylation sites (N-methyl/N-ethyl adjacent to an activating group) is 1. The Morgan fingerprint density at radius 1 is 1.46 bits per heavy atom. The second-order valence-corrected chi connectivity index (χ2v) is 7.23. The van der Waals surface area contributed by atoms with E-state index in [9.17, 15) is 0 Å². The summed E-state index contributed by atoms with van der Waals surface area (Å²) in [5.74, 6) is 1.50. The molecule has 1 atom stereocenters. The Labute approximate surface area is 168 Å². The average molecular weight is 465 g/mol. The lowest BCUT2D eigenvalue weighted by Gasteiger charge is -2.27. The molecule has 24 heavy (non-hydrogen) atoms. The smallest absolute Gasteiger partial charge is 0.194 e. The molecule has 0 bridgehead atoms. The molecule has 1 aliphatic rings. The molecule has 0 amide bonds. The van der Waals surface area contributed by atoms with Gasteiger partial charge in [0, 0.05) is 37.5 Å². The van der Waals surface area contributed by atoms with Gasteiger partial charge in [-0.1, -0.05) is 27.7 Å². The summed E-state index contributed by atoms with van der Waals surface area (Å²) in [4.78, 5) is 14.1. The summed E-state index contributed by atoms with van der Waals surface area (Å²) in [5.41, 5.74) is 1.11. The van der Waals surface area contributed by atoms with Crippen LogP contribution in [0.2, 0.25) is 0 Å². The third-order valence-corrected chi connectivity index (χ3v) is 5.69. The molecular formula is C17H32IN5S. The summed E-state index contributed by atoms with van der Waals surface area (Å²) in [6.07, 6.45) is 1.22. The summed E-state index contributed by atoms with van der Waals surface area (Å²) in [6.45, 7) is 14.0. The van der Waals surface area contributed by atoms with Crippen molar-refractivity contribution in [1.29, 1.82) is 0 Å². The van der Waals surface area contributed by atoms with Crippen molar-refractivity contribution in [3.63, 3.8) is 0 Å². The number of nitrogens with zero attached hydrogens (tertiary/aromatic N) is 4. The minimum absolute atomic E-state index is 0. The Morgan fingerprint density at radius 2 is 2.17 bits per heavy atom. The fourth-order valence-electron chi connectivity index (χ4n) is 3.14. The molecule has 1 aromatic heterocycles. The van der Waals surface area contributed by atoms with E-state index in [1.807, 2.05) is 7.05 Å². The van der Waals surface area contributed by atoms with Crippen LogP contribution < -0.4 is 5.32 Å². The van der Waals surface area contributed by atoms with Crippen LogP contribution in [0, 0.1) is 0 Å². The number of aromatic nitrogens is 1. The summed E-state index contributed by atoms with van der Waals surface area (Å²) >= 11 is 1.75. The predicted octanol–water partition coefficient (Wildman–Crippen LogP) is 3.38. The number of rotatable bonds is 6. The molecule has 5 nitrogen and oxygen atoms in total. The first-order chi connectivity index (χ1) is 11.1. The molecule has 0 radical (unpaired) electrons. The second kappa shape index (κ2) is 10.6. The maximum absolute atomic E-state index is 4.69. The van der Waals surface area contributed by atoms with E-state index in [0.29, 0.717) is 12.0 Å². The molecular weight excluding hydrogens is 433 g/mol. The molecule has 1 aliphatic heterocycles. The first-order valence-corrected chi connectivity index (χ1v) is 9.60. The van der Waals surface area contributed by atoms with Gasteiger partial charge in [-0.15, -0.1) is 35.3 Å². The van der Waals surface area contributed by atoms with Crippen molar-refractivity contribution in [2.75, 3.05) is 33.2 Å². The van der Waals surface area contributed by atoms with E-state index < -0.39 is 0 Å². The van der Waals surface area contributed by atoms with Gasteiger partial charge >= 0.3 is 0 Å². The molecule has 2 heterocycles. The van der Waals surface area contributed by atoms with Crippen molar-refractivity contribution in [2.24, 2.45) is 4.99 Å². The average Bonchev–Trinajstić information content (AvgIpc) is 3.19. The minimum atomic E-state index is 0. The van der Waals surface area contributed by atoms with E-state index in [0.717, 1.165) is 44.4 Å².